The summed E-state index contributed by atoms with van der Waals surface area (Å²) in [6, 6.07) is 10.3. The van der Waals surface area contributed by atoms with Crippen LogP contribution in [0.5, 0.6) is 0 Å². The minimum absolute atomic E-state index is 0.0532. The van der Waals surface area contributed by atoms with Gasteiger partial charge in [0.15, 0.2) is 0 Å². The van der Waals surface area contributed by atoms with Gasteiger partial charge in [-0.15, -0.1) is 0 Å². The maximum absolute atomic E-state index is 11.8. The molecule has 4 rings (SSSR count). The van der Waals surface area contributed by atoms with Gasteiger partial charge in [0.2, 0.25) is 17.6 Å². The third-order valence-electron chi connectivity index (χ3n) is 6.14. The van der Waals surface area contributed by atoms with E-state index in [2.05, 4.69) is 45.7 Å². The fourth-order valence-corrected chi connectivity index (χ4v) is 4.77. The molecule has 2 saturated heterocycles. The van der Waals surface area contributed by atoms with Crippen molar-refractivity contribution in [1.29, 1.82) is 0 Å². The van der Waals surface area contributed by atoms with Crippen molar-refractivity contribution in [2.24, 2.45) is 11.8 Å². The van der Waals surface area contributed by atoms with Crippen LogP contribution in [0.2, 0.25) is 0 Å². The van der Waals surface area contributed by atoms with Gasteiger partial charge in [-0.2, -0.15) is 9.97 Å². The molecule has 9 nitrogen and oxygen atoms in total. The van der Waals surface area contributed by atoms with Crippen molar-refractivity contribution in [2.45, 2.75) is 26.8 Å². The molecule has 2 N–H and O–H groups in total. The maximum atomic E-state index is 11.8. The zero-order valence-electron chi connectivity index (χ0n) is 18.3. The van der Waals surface area contributed by atoms with E-state index in [0.717, 1.165) is 39.1 Å². The predicted molar refractivity (Wildman–Crippen MR) is 122 cm³/mol. The highest BCUT2D eigenvalue weighted by Crippen LogP contribution is 2.35. The first-order valence-electron chi connectivity index (χ1n) is 11.0. The molecule has 2 unspecified atom stereocenters. The Morgan fingerprint density at radius 3 is 2.29 bits per heavy atom. The zero-order valence-corrected chi connectivity index (χ0v) is 18.3. The van der Waals surface area contributed by atoms with Crippen LogP contribution >= 0.6 is 0 Å². The molecule has 31 heavy (non-hydrogen) atoms. The minimum Gasteiger partial charge on any atom is -0.378 e. The van der Waals surface area contributed by atoms with E-state index in [-0.39, 0.29) is 11.5 Å². The highest BCUT2D eigenvalue weighted by Gasteiger charge is 2.32. The van der Waals surface area contributed by atoms with Crippen LogP contribution in [0.1, 0.15) is 25.8 Å². The summed E-state index contributed by atoms with van der Waals surface area (Å²) in [5, 5.41) is 11.8. The normalized spacial score (nSPS) is 22.5. The molecule has 0 amide bonds. The number of benzene rings is 1. The molecular formula is C22H31N7O2. The third-order valence-corrected chi connectivity index (χ3v) is 6.14. The van der Waals surface area contributed by atoms with E-state index >= 15 is 0 Å². The Balaban J connectivity index is 1.54. The number of aromatic nitrogens is 2. The van der Waals surface area contributed by atoms with Gasteiger partial charge in [-0.25, -0.2) is 0 Å². The lowest BCUT2D eigenvalue weighted by molar-refractivity contribution is -0.383. The fourth-order valence-electron chi connectivity index (χ4n) is 4.77. The van der Waals surface area contributed by atoms with Crippen molar-refractivity contribution >= 4 is 23.3 Å². The molecule has 2 aliphatic rings. The quantitative estimate of drug-likeness (QED) is 0.576. The summed E-state index contributed by atoms with van der Waals surface area (Å²) in [7, 11) is 0. The standard InChI is InChI=1S/C22H31N7O2/c1-16-12-17(2)14-28(13-16)22-24-20(23)19(29(30)31)21(25-22)27-10-8-26(9-11-27)15-18-6-4-3-5-7-18/h3-7,16-17H,8-15H2,1-2H3,(H2,23,24,25). The summed E-state index contributed by atoms with van der Waals surface area (Å²) < 4.78 is 0. The number of nitrogens with zero attached hydrogens (tertiary/aromatic N) is 6. The Kier molecular flexibility index (Phi) is 6.22. The molecule has 2 atom stereocenters. The fraction of sp³-hybridized carbons (Fsp3) is 0.545. The summed E-state index contributed by atoms with van der Waals surface area (Å²) in [5.41, 5.74) is 7.16. The predicted octanol–water partition coefficient (Wildman–Crippen LogP) is 2.77. The number of anilines is 3. The number of nitrogen functional groups attached to an aromatic ring is 1. The molecule has 2 aromatic rings. The Morgan fingerprint density at radius 1 is 1.03 bits per heavy atom. The topological polar surface area (TPSA) is 105 Å². The third kappa shape index (κ3) is 4.87. The van der Waals surface area contributed by atoms with Crippen LogP contribution in [-0.2, 0) is 6.54 Å². The first-order valence-corrected chi connectivity index (χ1v) is 11.0. The molecule has 3 heterocycles. The highest BCUT2D eigenvalue weighted by atomic mass is 16.6. The van der Waals surface area contributed by atoms with Gasteiger partial charge < -0.3 is 15.5 Å². The van der Waals surface area contributed by atoms with E-state index in [9.17, 15) is 10.1 Å². The maximum Gasteiger partial charge on any atom is 0.353 e. The van der Waals surface area contributed by atoms with E-state index < -0.39 is 4.92 Å². The molecule has 1 aromatic carbocycles. The smallest absolute Gasteiger partial charge is 0.353 e. The Labute approximate surface area is 183 Å². The van der Waals surface area contributed by atoms with Gasteiger partial charge in [0.05, 0.1) is 4.92 Å². The molecule has 2 fully saturated rings. The second-order valence-corrected chi connectivity index (χ2v) is 8.94. The van der Waals surface area contributed by atoms with Crippen LogP contribution in [0.4, 0.5) is 23.3 Å². The van der Waals surface area contributed by atoms with E-state index in [1.54, 1.807) is 0 Å². The van der Waals surface area contributed by atoms with Crippen LogP contribution in [0.15, 0.2) is 30.3 Å². The molecule has 1 aromatic heterocycles. The minimum atomic E-state index is -0.452. The van der Waals surface area contributed by atoms with Gasteiger partial charge in [-0.1, -0.05) is 44.2 Å². The van der Waals surface area contributed by atoms with Crippen LogP contribution in [0.25, 0.3) is 0 Å². The molecule has 0 saturated carbocycles. The van der Waals surface area contributed by atoms with Crippen molar-refractivity contribution in [1.82, 2.24) is 14.9 Å². The van der Waals surface area contributed by atoms with Gasteiger partial charge in [0, 0.05) is 45.8 Å². The van der Waals surface area contributed by atoms with Crippen LogP contribution in [-0.4, -0.2) is 59.1 Å². The molecule has 2 aliphatic heterocycles. The van der Waals surface area contributed by atoms with Crippen molar-refractivity contribution < 1.29 is 4.92 Å². The van der Waals surface area contributed by atoms with E-state index in [0.29, 0.717) is 36.7 Å². The molecule has 0 radical (unpaired) electrons. The molecule has 0 spiro atoms. The Bertz CT molecular complexity index is 906. The summed E-state index contributed by atoms with van der Waals surface area (Å²) in [4.78, 5) is 26.8. The monoisotopic (exact) mass is 425 g/mol. The zero-order chi connectivity index (χ0) is 22.0. The van der Waals surface area contributed by atoms with Crippen molar-refractivity contribution in [3.63, 3.8) is 0 Å². The summed E-state index contributed by atoms with van der Waals surface area (Å²) in [5.74, 6) is 1.84. The number of piperidine rings is 1. The first-order chi connectivity index (χ1) is 14.9. The summed E-state index contributed by atoms with van der Waals surface area (Å²) in [6.45, 7) is 9.92. The molecule has 9 heteroatoms. The number of rotatable bonds is 5. The average Bonchev–Trinajstić information content (AvgIpc) is 2.73. The van der Waals surface area contributed by atoms with Gasteiger partial charge in [0.1, 0.15) is 0 Å². The Morgan fingerprint density at radius 2 is 1.68 bits per heavy atom. The number of piperazine rings is 1. The molecule has 166 valence electrons. The largest absolute Gasteiger partial charge is 0.378 e. The van der Waals surface area contributed by atoms with Gasteiger partial charge in [-0.05, 0) is 23.8 Å². The molecule has 0 bridgehead atoms. The SMILES string of the molecule is CC1CC(C)CN(c2nc(N)c([N+](=O)[O-])c(N3CCN(Cc4ccccc4)CC3)n2)C1. The second kappa shape index (κ2) is 9.05. The number of nitro groups is 1. The number of hydrogen-bond donors (Lipinski definition) is 1. The van der Waals surface area contributed by atoms with E-state index in [4.69, 9.17) is 5.73 Å². The van der Waals surface area contributed by atoms with Gasteiger partial charge in [-0.3, -0.25) is 15.0 Å². The average molecular weight is 426 g/mol. The van der Waals surface area contributed by atoms with Gasteiger partial charge >= 0.3 is 5.69 Å². The number of nitrogens with two attached hydrogens (primary N) is 1. The van der Waals surface area contributed by atoms with Crippen molar-refractivity contribution in [3.05, 3.63) is 46.0 Å². The number of hydrogen-bond acceptors (Lipinski definition) is 8. The van der Waals surface area contributed by atoms with Gasteiger partial charge in [0.25, 0.3) is 0 Å². The molecular weight excluding hydrogens is 394 g/mol. The summed E-state index contributed by atoms with van der Waals surface area (Å²) >= 11 is 0. The first kappa shape index (κ1) is 21.3. The van der Waals surface area contributed by atoms with Crippen molar-refractivity contribution in [2.75, 3.05) is 54.8 Å². The lowest BCUT2D eigenvalue weighted by Crippen LogP contribution is -2.46. The highest BCUT2D eigenvalue weighted by molar-refractivity contribution is 5.71. The lowest BCUT2D eigenvalue weighted by atomic mass is 9.92. The van der Waals surface area contributed by atoms with Crippen molar-refractivity contribution in [3.8, 4) is 0 Å². The van der Waals surface area contributed by atoms with E-state index in [1.807, 2.05) is 23.1 Å². The van der Waals surface area contributed by atoms with Crippen LogP contribution in [0.3, 0.4) is 0 Å². The molecule has 0 aliphatic carbocycles. The second-order valence-electron chi connectivity index (χ2n) is 8.94. The van der Waals surface area contributed by atoms with E-state index in [1.165, 1.54) is 5.56 Å². The lowest BCUT2D eigenvalue weighted by Gasteiger charge is -2.37. The van der Waals surface area contributed by atoms with Crippen LogP contribution < -0.4 is 15.5 Å². The summed E-state index contributed by atoms with van der Waals surface area (Å²) in [6.07, 6.45) is 1.16. The Hall–Kier alpha value is -2.94. The van der Waals surface area contributed by atoms with Crippen LogP contribution in [0, 0.1) is 22.0 Å².